The third kappa shape index (κ3) is 3.17. The van der Waals surface area contributed by atoms with Crippen molar-refractivity contribution in [1.29, 1.82) is 5.26 Å². The maximum atomic E-state index is 8.61. The maximum absolute atomic E-state index is 8.61. The summed E-state index contributed by atoms with van der Waals surface area (Å²) in [4.78, 5) is 0. The van der Waals surface area contributed by atoms with Crippen LogP contribution in [0.2, 0.25) is 0 Å². The highest BCUT2D eigenvalue weighted by Crippen LogP contribution is 2.31. The molecule has 0 amide bonds. The Bertz CT molecular complexity index is 601. The first kappa shape index (κ1) is 12.8. The molecule has 0 unspecified atom stereocenters. The summed E-state index contributed by atoms with van der Waals surface area (Å²) in [6.45, 7) is 0. The van der Waals surface area contributed by atoms with Crippen molar-refractivity contribution in [3.63, 3.8) is 0 Å². The average molecular weight is 254 g/mol. The molecule has 4 heteroatoms. The number of nitrogen functional groups attached to an aromatic ring is 1. The minimum atomic E-state index is 0.390. The van der Waals surface area contributed by atoms with Crippen LogP contribution < -0.4 is 15.2 Å². The van der Waals surface area contributed by atoms with Gasteiger partial charge in [0.15, 0.2) is 5.75 Å². The van der Waals surface area contributed by atoms with E-state index in [9.17, 15) is 0 Å². The molecule has 0 atom stereocenters. The molecule has 0 radical (unpaired) electrons. The van der Waals surface area contributed by atoms with Crippen molar-refractivity contribution in [3.8, 4) is 23.3 Å². The van der Waals surface area contributed by atoms with Crippen molar-refractivity contribution >= 4 is 5.69 Å². The summed E-state index contributed by atoms with van der Waals surface area (Å²) in [7, 11) is 1.59. The highest BCUT2D eigenvalue weighted by atomic mass is 16.5. The lowest BCUT2D eigenvalue weighted by atomic mass is 10.2. The summed E-state index contributed by atoms with van der Waals surface area (Å²) in [6.07, 6.45) is 0.390. The van der Waals surface area contributed by atoms with Gasteiger partial charge in [0, 0.05) is 6.07 Å². The zero-order chi connectivity index (χ0) is 13.7. The quantitative estimate of drug-likeness (QED) is 0.851. The number of nitriles is 1. The summed E-state index contributed by atoms with van der Waals surface area (Å²) in [5.74, 6) is 1.90. The Balaban J connectivity index is 2.19. The van der Waals surface area contributed by atoms with Crippen molar-refractivity contribution in [3.05, 3.63) is 48.0 Å². The van der Waals surface area contributed by atoms with Gasteiger partial charge < -0.3 is 15.2 Å². The molecule has 0 spiro atoms. The second-order valence-electron chi connectivity index (χ2n) is 3.98. The van der Waals surface area contributed by atoms with E-state index in [-0.39, 0.29) is 0 Å². The lowest BCUT2D eigenvalue weighted by molar-refractivity contribution is 0.409. The Morgan fingerprint density at radius 3 is 2.42 bits per heavy atom. The highest BCUT2D eigenvalue weighted by Gasteiger charge is 2.04. The van der Waals surface area contributed by atoms with E-state index in [1.807, 2.05) is 24.3 Å². The monoisotopic (exact) mass is 254 g/mol. The van der Waals surface area contributed by atoms with E-state index in [0.29, 0.717) is 29.4 Å². The zero-order valence-corrected chi connectivity index (χ0v) is 10.6. The van der Waals surface area contributed by atoms with Gasteiger partial charge in [-0.2, -0.15) is 5.26 Å². The predicted octanol–water partition coefficient (Wildman–Crippen LogP) is 3.14. The van der Waals surface area contributed by atoms with Crippen LogP contribution >= 0.6 is 0 Å². The highest BCUT2D eigenvalue weighted by molar-refractivity contribution is 5.57. The van der Waals surface area contributed by atoms with Crippen LogP contribution in [0.25, 0.3) is 0 Å². The maximum Gasteiger partial charge on any atom is 0.153 e. The second-order valence-corrected chi connectivity index (χ2v) is 3.98. The minimum Gasteiger partial charge on any atom is -0.497 e. The fraction of sp³-hybridized carbons (Fsp3) is 0.133. The molecule has 96 valence electrons. The molecule has 4 nitrogen and oxygen atoms in total. The molecule has 2 rings (SSSR count). The summed E-state index contributed by atoms with van der Waals surface area (Å²) < 4.78 is 10.8. The van der Waals surface area contributed by atoms with E-state index in [1.165, 1.54) is 0 Å². The van der Waals surface area contributed by atoms with E-state index in [1.54, 1.807) is 25.3 Å². The molecule has 0 fully saturated rings. The number of nitrogens with zero attached hydrogens (tertiary/aromatic N) is 1. The molecular formula is C15H14N2O2. The van der Waals surface area contributed by atoms with Crippen LogP contribution in [0.15, 0.2) is 42.5 Å². The number of rotatable bonds is 4. The van der Waals surface area contributed by atoms with E-state index in [2.05, 4.69) is 6.07 Å². The number of hydrogen-bond acceptors (Lipinski definition) is 4. The minimum absolute atomic E-state index is 0.390. The van der Waals surface area contributed by atoms with Crippen LogP contribution in [0.4, 0.5) is 5.69 Å². The molecule has 0 saturated heterocycles. The van der Waals surface area contributed by atoms with Crippen molar-refractivity contribution in [1.82, 2.24) is 0 Å². The zero-order valence-electron chi connectivity index (χ0n) is 10.6. The molecule has 0 saturated carbocycles. The SMILES string of the molecule is COc1ccc(N)c(Oc2ccc(CC#N)cc2)c1. The Kier molecular flexibility index (Phi) is 3.89. The summed E-state index contributed by atoms with van der Waals surface area (Å²) in [6, 6.07) is 14.7. The van der Waals surface area contributed by atoms with E-state index < -0.39 is 0 Å². The van der Waals surface area contributed by atoms with Gasteiger partial charge in [0.05, 0.1) is 25.3 Å². The third-order valence-electron chi connectivity index (χ3n) is 2.66. The smallest absolute Gasteiger partial charge is 0.153 e. The van der Waals surface area contributed by atoms with Crippen LogP contribution in [-0.4, -0.2) is 7.11 Å². The second kappa shape index (κ2) is 5.78. The van der Waals surface area contributed by atoms with Crippen molar-refractivity contribution in [2.75, 3.05) is 12.8 Å². The van der Waals surface area contributed by atoms with Gasteiger partial charge in [0.1, 0.15) is 11.5 Å². The summed E-state index contributed by atoms with van der Waals surface area (Å²) >= 11 is 0. The standard InChI is InChI=1S/C15H14N2O2/c1-18-13-6-7-14(17)15(10-13)19-12-4-2-11(3-5-12)8-9-16/h2-7,10H,8,17H2,1H3. The largest absolute Gasteiger partial charge is 0.497 e. The Labute approximate surface area is 112 Å². The van der Waals surface area contributed by atoms with Gasteiger partial charge in [-0.1, -0.05) is 12.1 Å². The van der Waals surface area contributed by atoms with Crippen molar-refractivity contribution < 1.29 is 9.47 Å². The fourth-order valence-electron chi connectivity index (χ4n) is 1.62. The molecule has 0 aliphatic heterocycles. The predicted molar refractivity (Wildman–Crippen MR) is 73.2 cm³/mol. The van der Waals surface area contributed by atoms with Crippen LogP contribution in [0.5, 0.6) is 17.2 Å². The molecule has 0 aromatic heterocycles. The van der Waals surface area contributed by atoms with Gasteiger partial charge in [-0.3, -0.25) is 0 Å². The van der Waals surface area contributed by atoms with Crippen LogP contribution in [0.1, 0.15) is 5.56 Å². The molecule has 0 bridgehead atoms. The number of nitrogens with two attached hydrogens (primary N) is 1. The Morgan fingerprint density at radius 2 is 1.79 bits per heavy atom. The first-order valence-corrected chi connectivity index (χ1v) is 5.80. The van der Waals surface area contributed by atoms with E-state index >= 15 is 0 Å². The van der Waals surface area contributed by atoms with Crippen molar-refractivity contribution in [2.24, 2.45) is 0 Å². The lowest BCUT2D eigenvalue weighted by Gasteiger charge is -2.10. The lowest BCUT2D eigenvalue weighted by Crippen LogP contribution is -1.93. The van der Waals surface area contributed by atoms with Crippen LogP contribution in [-0.2, 0) is 6.42 Å². The van der Waals surface area contributed by atoms with E-state index in [4.69, 9.17) is 20.5 Å². The Hall–Kier alpha value is -2.67. The first-order valence-electron chi connectivity index (χ1n) is 5.80. The Morgan fingerprint density at radius 1 is 1.11 bits per heavy atom. The summed E-state index contributed by atoms with van der Waals surface area (Å²) in [5.41, 5.74) is 7.34. The number of ether oxygens (including phenoxy) is 2. The number of hydrogen-bond donors (Lipinski definition) is 1. The number of anilines is 1. The number of methoxy groups -OCH3 is 1. The molecule has 19 heavy (non-hydrogen) atoms. The van der Waals surface area contributed by atoms with Gasteiger partial charge in [0.2, 0.25) is 0 Å². The normalized spacial score (nSPS) is 9.68. The number of benzene rings is 2. The van der Waals surface area contributed by atoms with Crippen LogP contribution in [0, 0.1) is 11.3 Å². The fourth-order valence-corrected chi connectivity index (χ4v) is 1.62. The molecule has 0 heterocycles. The third-order valence-corrected chi connectivity index (χ3v) is 2.66. The van der Waals surface area contributed by atoms with Gasteiger partial charge in [-0.15, -0.1) is 0 Å². The van der Waals surface area contributed by atoms with Crippen molar-refractivity contribution in [2.45, 2.75) is 6.42 Å². The topological polar surface area (TPSA) is 68.3 Å². The van der Waals surface area contributed by atoms with E-state index in [0.717, 1.165) is 5.56 Å². The molecule has 2 N–H and O–H groups in total. The molecule has 0 aliphatic carbocycles. The molecule has 0 aliphatic rings. The van der Waals surface area contributed by atoms with Gasteiger partial charge in [0.25, 0.3) is 0 Å². The van der Waals surface area contributed by atoms with Gasteiger partial charge >= 0.3 is 0 Å². The molecule has 2 aromatic rings. The molecule has 2 aromatic carbocycles. The summed E-state index contributed by atoms with van der Waals surface area (Å²) in [5, 5.41) is 8.61. The average Bonchev–Trinajstić information content (AvgIpc) is 2.44. The van der Waals surface area contributed by atoms with Crippen LogP contribution in [0.3, 0.4) is 0 Å². The van der Waals surface area contributed by atoms with Gasteiger partial charge in [-0.25, -0.2) is 0 Å². The molecular weight excluding hydrogens is 240 g/mol. The first-order chi connectivity index (χ1) is 9.22. The van der Waals surface area contributed by atoms with Gasteiger partial charge in [-0.05, 0) is 29.8 Å².